The van der Waals surface area contributed by atoms with E-state index in [0.717, 1.165) is 42.4 Å². The molecule has 0 radical (unpaired) electrons. The minimum atomic E-state index is -1.07. The first-order chi connectivity index (χ1) is 14.6. The molecule has 2 aromatic rings. The highest BCUT2D eigenvalue weighted by Crippen LogP contribution is 2.31. The lowest BCUT2D eigenvalue weighted by Crippen LogP contribution is -2.62. The SMILES string of the molecule is CNC(=O)[C@@]1(Cc2cccc(-c3ccncc3)c2)CN(C(=O)C2CCCC2)CCO1. The minimum Gasteiger partial charge on any atom is -0.361 e. The van der Waals surface area contributed by atoms with Crippen LogP contribution >= 0.6 is 0 Å². The number of nitrogens with one attached hydrogen (secondary N) is 1. The van der Waals surface area contributed by atoms with Gasteiger partial charge in [-0.25, -0.2) is 0 Å². The number of morpholine rings is 1. The van der Waals surface area contributed by atoms with Crippen molar-refractivity contribution in [3.8, 4) is 11.1 Å². The summed E-state index contributed by atoms with van der Waals surface area (Å²) < 4.78 is 6.09. The van der Waals surface area contributed by atoms with Crippen molar-refractivity contribution in [2.45, 2.75) is 37.7 Å². The fourth-order valence-corrected chi connectivity index (χ4v) is 4.69. The van der Waals surface area contributed by atoms with E-state index in [0.29, 0.717) is 26.1 Å². The number of hydrogen-bond acceptors (Lipinski definition) is 4. The van der Waals surface area contributed by atoms with Gasteiger partial charge in [0.2, 0.25) is 5.91 Å². The van der Waals surface area contributed by atoms with Crippen LogP contribution in [0.5, 0.6) is 0 Å². The largest absolute Gasteiger partial charge is 0.361 e. The lowest BCUT2D eigenvalue weighted by molar-refractivity contribution is -0.167. The lowest BCUT2D eigenvalue weighted by Gasteiger charge is -2.42. The molecule has 6 nitrogen and oxygen atoms in total. The van der Waals surface area contributed by atoms with Gasteiger partial charge < -0.3 is 15.0 Å². The fourth-order valence-electron chi connectivity index (χ4n) is 4.69. The molecule has 4 rings (SSSR count). The van der Waals surface area contributed by atoms with E-state index in [1.807, 2.05) is 35.2 Å². The molecule has 1 atom stereocenters. The molecule has 2 aliphatic rings. The smallest absolute Gasteiger partial charge is 0.254 e. The maximum Gasteiger partial charge on any atom is 0.254 e. The van der Waals surface area contributed by atoms with E-state index in [1.165, 1.54) is 0 Å². The topological polar surface area (TPSA) is 71.5 Å². The van der Waals surface area contributed by atoms with E-state index >= 15 is 0 Å². The van der Waals surface area contributed by atoms with Gasteiger partial charge in [0.25, 0.3) is 5.91 Å². The van der Waals surface area contributed by atoms with Gasteiger partial charge in [0, 0.05) is 38.3 Å². The minimum absolute atomic E-state index is 0.0977. The number of carbonyl (C=O) groups excluding carboxylic acids is 2. The van der Waals surface area contributed by atoms with Gasteiger partial charge in [-0.1, -0.05) is 37.1 Å². The molecule has 0 bridgehead atoms. The zero-order valence-corrected chi connectivity index (χ0v) is 17.5. The first-order valence-corrected chi connectivity index (χ1v) is 10.8. The molecule has 30 heavy (non-hydrogen) atoms. The van der Waals surface area contributed by atoms with E-state index in [1.54, 1.807) is 19.4 Å². The Balaban J connectivity index is 1.58. The summed E-state index contributed by atoms with van der Waals surface area (Å²) >= 11 is 0. The quantitative estimate of drug-likeness (QED) is 0.827. The molecule has 0 unspecified atom stereocenters. The third kappa shape index (κ3) is 4.24. The van der Waals surface area contributed by atoms with Gasteiger partial charge >= 0.3 is 0 Å². The van der Waals surface area contributed by atoms with Gasteiger partial charge in [-0.15, -0.1) is 0 Å². The molecule has 1 N–H and O–H groups in total. The molecule has 1 aromatic heterocycles. The highest BCUT2D eigenvalue weighted by atomic mass is 16.5. The number of carbonyl (C=O) groups is 2. The second-order valence-electron chi connectivity index (χ2n) is 8.28. The van der Waals surface area contributed by atoms with Crippen LogP contribution in [0.3, 0.4) is 0 Å². The summed E-state index contributed by atoms with van der Waals surface area (Å²) in [6.07, 6.45) is 8.09. The molecule has 1 aliphatic carbocycles. The predicted octanol–water partition coefficient (Wildman–Crippen LogP) is 2.82. The van der Waals surface area contributed by atoms with E-state index in [9.17, 15) is 9.59 Å². The third-order valence-corrected chi connectivity index (χ3v) is 6.27. The Labute approximate surface area is 177 Å². The van der Waals surface area contributed by atoms with Crippen molar-refractivity contribution in [1.29, 1.82) is 0 Å². The molecule has 158 valence electrons. The number of aromatic nitrogens is 1. The van der Waals surface area contributed by atoms with Crippen LogP contribution in [-0.4, -0.2) is 54.0 Å². The first kappa shape index (κ1) is 20.5. The van der Waals surface area contributed by atoms with Gasteiger partial charge in [-0.2, -0.15) is 0 Å². The summed E-state index contributed by atoms with van der Waals surface area (Å²) in [5, 5.41) is 2.76. The number of benzene rings is 1. The summed E-state index contributed by atoms with van der Waals surface area (Å²) in [6, 6.07) is 12.1. The number of likely N-dealkylation sites (N-methyl/N-ethyl adjacent to an activating group) is 1. The molecule has 2 fully saturated rings. The monoisotopic (exact) mass is 407 g/mol. The number of rotatable bonds is 5. The molecule has 2 heterocycles. The molecule has 1 aromatic carbocycles. The van der Waals surface area contributed by atoms with Crippen molar-refractivity contribution in [3.05, 3.63) is 54.4 Å². The van der Waals surface area contributed by atoms with E-state index in [2.05, 4.69) is 16.4 Å². The Bertz CT molecular complexity index is 896. The van der Waals surface area contributed by atoms with Crippen LogP contribution in [0.25, 0.3) is 11.1 Å². The van der Waals surface area contributed by atoms with Crippen molar-refractivity contribution < 1.29 is 14.3 Å². The van der Waals surface area contributed by atoms with Crippen LogP contribution in [0.15, 0.2) is 48.8 Å². The number of pyridine rings is 1. The van der Waals surface area contributed by atoms with Gasteiger partial charge in [0.15, 0.2) is 5.60 Å². The third-order valence-electron chi connectivity index (χ3n) is 6.27. The Kier molecular flexibility index (Phi) is 6.13. The Morgan fingerprint density at radius 3 is 2.67 bits per heavy atom. The number of ether oxygens (including phenoxy) is 1. The van der Waals surface area contributed by atoms with Crippen molar-refractivity contribution in [1.82, 2.24) is 15.2 Å². The Hall–Kier alpha value is -2.73. The average molecular weight is 408 g/mol. The highest BCUT2D eigenvalue weighted by Gasteiger charge is 2.45. The standard InChI is InChI=1S/C24H29N3O3/c1-25-23(29)24(17-27(13-14-30-24)22(28)20-6-2-3-7-20)16-18-5-4-8-21(15-18)19-9-11-26-12-10-19/h4-5,8-12,15,20H,2-3,6-7,13-14,16-17H2,1H3,(H,25,29)/t24-/m1/s1. The molecule has 0 spiro atoms. The van der Waals surface area contributed by atoms with Crippen LogP contribution in [-0.2, 0) is 20.7 Å². The van der Waals surface area contributed by atoms with Crippen LogP contribution in [0, 0.1) is 5.92 Å². The number of amides is 2. The molecule has 1 saturated heterocycles. The normalized spacial score (nSPS) is 22.1. The summed E-state index contributed by atoms with van der Waals surface area (Å²) in [4.78, 5) is 31.9. The zero-order chi connectivity index (χ0) is 21.0. The predicted molar refractivity (Wildman–Crippen MR) is 115 cm³/mol. The van der Waals surface area contributed by atoms with E-state index in [4.69, 9.17) is 4.74 Å². The summed E-state index contributed by atoms with van der Waals surface area (Å²) in [5.74, 6) is 0.0934. The average Bonchev–Trinajstić information content (AvgIpc) is 3.34. The van der Waals surface area contributed by atoms with Crippen LogP contribution < -0.4 is 5.32 Å². The molecule has 1 aliphatic heterocycles. The molecule has 1 saturated carbocycles. The van der Waals surface area contributed by atoms with Crippen molar-refractivity contribution in [2.24, 2.45) is 5.92 Å². The Morgan fingerprint density at radius 2 is 1.93 bits per heavy atom. The summed E-state index contributed by atoms with van der Waals surface area (Å²) in [7, 11) is 1.62. The van der Waals surface area contributed by atoms with Crippen LogP contribution in [0.4, 0.5) is 0 Å². The van der Waals surface area contributed by atoms with Crippen LogP contribution in [0.2, 0.25) is 0 Å². The molecule has 2 amide bonds. The lowest BCUT2D eigenvalue weighted by atomic mass is 9.89. The van der Waals surface area contributed by atoms with Gasteiger partial charge in [0.05, 0.1) is 13.2 Å². The van der Waals surface area contributed by atoms with Crippen molar-refractivity contribution in [2.75, 3.05) is 26.7 Å². The first-order valence-electron chi connectivity index (χ1n) is 10.8. The maximum atomic E-state index is 13.0. The molecular formula is C24H29N3O3. The Morgan fingerprint density at radius 1 is 1.17 bits per heavy atom. The van der Waals surface area contributed by atoms with Gasteiger partial charge in [-0.3, -0.25) is 14.6 Å². The second-order valence-corrected chi connectivity index (χ2v) is 8.28. The van der Waals surface area contributed by atoms with Gasteiger partial charge in [-0.05, 0) is 41.7 Å². The summed E-state index contributed by atoms with van der Waals surface area (Å²) in [6.45, 7) is 1.21. The highest BCUT2D eigenvalue weighted by molar-refractivity contribution is 5.87. The van der Waals surface area contributed by atoms with Crippen LogP contribution in [0.1, 0.15) is 31.2 Å². The zero-order valence-electron chi connectivity index (χ0n) is 17.5. The van der Waals surface area contributed by atoms with Crippen molar-refractivity contribution >= 4 is 11.8 Å². The van der Waals surface area contributed by atoms with Crippen molar-refractivity contribution in [3.63, 3.8) is 0 Å². The van der Waals surface area contributed by atoms with Gasteiger partial charge in [0.1, 0.15) is 0 Å². The number of nitrogens with zero attached hydrogens (tertiary/aromatic N) is 2. The summed E-state index contributed by atoms with van der Waals surface area (Å²) in [5.41, 5.74) is 2.07. The maximum absolute atomic E-state index is 13.0. The number of hydrogen-bond donors (Lipinski definition) is 1. The fraction of sp³-hybridized carbons (Fsp3) is 0.458. The van der Waals surface area contributed by atoms with E-state index in [-0.39, 0.29) is 17.7 Å². The molecular weight excluding hydrogens is 378 g/mol. The molecule has 6 heteroatoms. The second kappa shape index (κ2) is 8.96. The van der Waals surface area contributed by atoms with E-state index < -0.39 is 5.60 Å².